The van der Waals surface area contributed by atoms with Crippen LogP contribution in [0.1, 0.15) is 20.8 Å². The van der Waals surface area contributed by atoms with E-state index in [1.54, 1.807) is 13.8 Å². The number of Topliss-reactive ketones (excluding diaryl/α,β-unsaturated/α-hetero) is 2. The lowest BCUT2D eigenvalue weighted by molar-refractivity contribution is -0.152. The molecule has 0 N–H and O–H groups in total. The summed E-state index contributed by atoms with van der Waals surface area (Å²) in [5.74, 6) is -2.54. The first kappa shape index (κ1) is 13.4. The Morgan fingerprint density at radius 3 is 2.13 bits per heavy atom. The highest BCUT2D eigenvalue weighted by Gasteiger charge is 2.23. The molecule has 0 aromatic rings. The van der Waals surface area contributed by atoms with Crippen LogP contribution >= 0.6 is 0 Å². The van der Waals surface area contributed by atoms with Crippen LogP contribution < -0.4 is 0 Å². The molecule has 0 bridgehead atoms. The average molecular weight is 214 g/mol. The number of hydrogen-bond donors (Lipinski definition) is 0. The molecule has 0 spiro atoms. The van der Waals surface area contributed by atoms with Crippen LogP contribution in [0.15, 0.2) is 11.8 Å². The molecule has 0 rings (SSSR count). The molecule has 0 atom stereocenters. The van der Waals surface area contributed by atoms with Gasteiger partial charge in [-0.3, -0.25) is 9.59 Å². The van der Waals surface area contributed by atoms with Crippen molar-refractivity contribution in [2.75, 3.05) is 13.2 Å². The summed E-state index contributed by atoms with van der Waals surface area (Å²) in [7, 11) is 0. The highest BCUT2D eigenvalue weighted by Crippen LogP contribution is 2.01. The summed E-state index contributed by atoms with van der Waals surface area (Å²) in [5, 5.41) is 0. The van der Waals surface area contributed by atoms with Crippen LogP contribution in [0, 0.1) is 0 Å². The second-order valence-corrected chi connectivity index (χ2v) is 2.59. The molecule has 0 fully saturated rings. The van der Waals surface area contributed by atoms with Gasteiger partial charge >= 0.3 is 5.97 Å². The number of hydrogen-bond acceptors (Lipinski definition) is 5. The smallest absolute Gasteiger partial charge is 0.379 e. The summed E-state index contributed by atoms with van der Waals surface area (Å²) in [6.07, 6.45) is 0.988. The van der Waals surface area contributed by atoms with Crippen molar-refractivity contribution < 1.29 is 23.9 Å². The third kappa shape index (κ3) is 4.39. The zero-order valence-electron chi connectivity index (χ0n) is 9.03. The summed E-state index contributed by atoms with van der Waals surface area (Å²) in [5.41, 5.74) is -0.296. The maximum Gasteiger partial charge on any atom is 0.379 e. The first-order valence-corrected chi connectivity index (χ1v) is 4.58. The SMILES string of the molecule is CCO/C=C(\C(C)=O)C(=O)C(=O)OCC. The van der Waals surface area contributed by atoms with Gasteiger partial charge in [-0.05, 0) is 20.8 Å². The van der Waals surface area contributed by atoms with E-state index < -0.39 is 17.5 Å². The Labute approximate surface area is 88.0 Å². The molecule has 0 radical (unpaired) electrons. The normalized spacial score (nSPS) is 10.7. The van der Waals surface area contributed by atoms with E-state index in [4.69, 9.17) is 4.74 Å². The van der Waals surface area contributed by atoms with Crippen LogP contribution in [0.2, 0.25) is 0 Å². The number of carbonyl (C=O) groups excluding carboxylic acids is 3. The van der Waals surface area contributed by atoms with Gasteiger partial charge in [0.1, 0.15) is 5.57 Å². The molecule has 0 aromatic carbocycles. The number of rotatable bonds is 6. The summed E-state index contributed by atoms with van der Waals surface area (Å²) < 4.78 is 9.27. The topological polar surface area (TPSA) is 69.7 Å². The highest BCUT2D eigenvalue weighted by atomic mass is 16.5. The zero-order chi connectivity index (χ0) is 11.8. The lowest BCUT2D eigenvalue weighted by Gasteiger charge is -2.02. The zero-order valence-corrected chi connectivity index (χ0v) is 9.03. The van der Waals surface area contributed by atoms with Gasteiger partial charge in [0.25, 0.3) is 5.78 Å². The van der Waals surface area contributed by atoms with Crippen molar-refractivity contribution >= 4 is 17.5 Å². The lowest BCUT2D eigenvalue weighted by atomic mass is 10.1. The van der Waals surface area contributed by atoms with Gasteiger partial charge < -0.3 is 9.47 Å². The van der Waals surface area contributed by atoms with E-state index in [0.717, 1.165) is 6.26 Å². The van der Waals surface area contributed by atoms with E-state index >= 15 is 0 Å². The second-order valence-electron chi connectivity index (χ2n) is 2.59. The fourth-order valence-electron chi connectivity index (χ4n) is 0.770. The van der Waals surface area contributed by atoms with Gasteiger partial charge in [-0.15, -0.1) is 0 Å². The fourth-order valence-corrected chi connectivity index (χ4v) is 0.770. The van der Waals surface area contributed by atoms with Gasteiger partial charge in [-0.2, -0.15) is 0 Å². The maximum atomic E-state index is 11.3. The molecule has 0 aromatic heterocycles. The van der Waals surface area contributed by atoms with Gasteiger partial charge in [0, 0.05) is 0 Å². The van der Waals surface area contributed by atoms with E-state index in [1.165, 1.54) is 6.92 Å². The minimum absolute atomic E-state index is 0.0877. The van der Waals surface area contributed by atoms with E-state index in [9.17, 15) is 14.4 Å². The second kappa shape index (κ2) is 6.75. The molecule has 0 saturated heterocycles. The molecular formula is C10H14O5. The van der Waals surface area contributed by atoms with Crippen LogP contribution in [0.5, 0.6) is 0 Å². The molecule has 5 heteroatoms. The Bertz CT molecular complexity index is 290. The van der Waals surface area contributed by atoms with Crippen molar-refractivity contribution in [1.29, 1.82) is 0 Å². The van der Waals surface area contributed by atoms with Crippen molar-refractivity contribution in [3.05, 3.63) is 11.8 Å². The summed E-state index contributed by atoms with van der Waals surface area (Å²) in [6.45, 7) is 4.85. The molecule has 0 saturated carbocycles. The standard InChI is InChI=1S/C10H14O5/c1-4-14-6-8(7(3)11)9(12)10(13)15-5-2/h6H,4-5H2,1-3H3/b8-6+. The Hall–Kier alpha value is -1.65. The van der Waals surface area contributed by atoms with Gasteiger partial charge in [-0.25, -0.2) is 4.79 Å². The van der Waals surface area contributed by atoms with Gasteiger partial charge in [0.15, 0.2) is 5.78 Å². The first-order chi connectivity index (χ1) is 7.04. The van der Waals surface area contributed by atoms with Gasteiger partial charge in [-0.1, -0.05) is 0 Å². The van der Waals surface area contributed by atoms with E-state index in [0.29, 0.717) is 6.61 Å². The van der Waals surface area contributed by atoms with Crippen molar-refractivity contribution in [2.45, 2.75) is 20.8 Å². The van der Waals surface area contributed by atoms with E-state index in [2.05, 4.69) is 4.74 Å². The summed E-state index contributed by atoms with van der Waals surface area (Å²) in [4.78, 5) is 33.4. The average Bonchev–Trinajstić information content (AvgIpc) is 2.18. The largest absolute Gasteiger partial charge is 0.501 e. The Morgan fingerprint density at radius 1 is 1.13 bits per heavy atom. The van der Waals surface area contributed by atoms with Crippen LogP contribution in [0.25, 0.3) is 0 Å². The lowest BCUT2D eigenvalue weighted by Crippen LogP contribution is -2.23. The van der Waals surface area contributed by atoms with Crippen LogP contribution in [-0.4, -0.2) is 30.7 Å². The molecule has 0 heterocycles. The molecule has 0 amide bonds. The number of ether oxygens (including phenoxy) is 2. The van der Waals surface area contributed by atoms with Crippen molar-refractivity contribution in [3.63, 3.8) is 0 Å². The van der Waals surface area contributed by atoms with Crippen LogP contribution in [0.4, 0.5) is 0 Å². The van der Waals surface area contributed by atoms with Crippen LogP contribution in [0.3, 0.4) is 0 Å². The highest BCUT2D eigenvalue weighted by molar-refractivity contribution is 6.47. The predicted molar refractivity (Wildman–Crippen MR) is 52.0 cm³/mol. The molecule has 0 unspecified atom stereocenters. The summed E-state index contributed by atoms with van der Waals surface area (Å²) >= 11 is 0. The van der Waals surface area contributed by atoms with Crippen molar-refractivity contribution in [1.82, 2.24) is 0 Å². The molecule has 0 aliphatic heterocycles. The molecule has 5 nitrogen and oxygen atoms in total. The van der Waals surface area contributed by atoms with Crippen LogP contribution in [-0.2, 0) is 23.9 Å². The third-order valence-electron chi connectivity index (χ3n) is 1.45. The minimum atomic E-state index is -1.04. The summed E-state index contributed by atoms with van der Waals surface area (Å²) in [6, 6.07) is 0. The third-order valence-corrected chi connectivity index (χ3v) is 1.45. The number of esters is 1. The van der Waals surface area contributed by atoms with Gasteiger partial charge in [0.05, 0.1) is 19.5 Å². The molecule has 15 heavy (non-hydrogen) atoms. The number of ketones is 2. The first-order valence-electron chi connectivity index (χ1n) is 4.58. The van der Waals surface area contributed by atoms with Crippen molar-refractivity contribution in [3.8, 4) is 0 Å². The Morgan fingerprint density at radius 2 is 1.73 bits per heavy atom. The quantitative estimate of drug-likeness (QED) is 0.162. The molecular weight excluding hydrogens is 200 g/mol. The number of carbonyl (C=O) groups is 3. The Balaban J connectivity index is 4.71. The van der Waals surface area contributed by atoms with E-state index in [1.807, 2.05) is 0 Å². The minimum Gasteiger partial charge on any atom is -0.501 e. The monoisotopic (exact) mass is 214 g/mol. The molecule has 0 aliphatic carbocycles. The molecule has 0 aliphatic rings. The maximum absolute atomic E-state index is 11.3. The Kier molecular flexibility index (Phi) is 6.01. The molecule has 84 valence electrons. The predicted octanol–water partition coefficient (Wildman–Crippen LogP) is 0.628. The van der Waals surface area contributed by atoms with E-state index in [-0.39, 0.29) is 12.2 Å². The van der Waals surface area contributed by atoms with Crippen molar-refractivity contribution in [2.24, 2.45) is 0 Å². The fraction of sp³-hybridized carbons (Fsp3) is 0.500. The van der Waals surface area contributed by atoms with Gasteiger partial charge in [0.2, 0.25) is 0 Å².